The standard InChI is InChI=1S/C33H37NO5S/c1-7-8-25(19-32(35)36)22(2)9-14-31(34-6)39-20-24-10-13-30-28(18-24)29(21-40-30)27-12-11-26(17-23(27)3)38-16-15-33(4,5)37/h9-14,17-18,21,25,37H,6,15-16,19-20H2,1-5H3,(H,35,36)/b22-9+,31-14+/t25-/m0/s1. The number of carboxylic acids is 1. The largest absolute Gasteiger partial charge is 0.493 e. The van der Waals surface area contributed by atoms with Crippen LogP contribution in [0.15, 0.2) is 70.4 Å². The summed E-state index contributed by atoms with van der Waals surface area (Å²) in [5.74, 6) is 5.60. The molecule has 0 radical (unpaired) electrons. The van der Waals surface area contributed by atoms with E-state index in [9.17, 15) is 9.90 Å². The third-order valence-electron chi connectivity index (χ3n) is 6.39. The maximum Gasteiger partial charge on any atom is 0.304 e. The fourth-order valence-corrected chi connectivity index (χ4v) is 5.06. The number of aliphatic carboxylic acids is 1. The molecule has 1 atom stereocenters. The van der Waals surface area contributed by atoms with E-state index in [0.29, 0.717) is 25.5 Å². The second-order valence-electron chi connectivity index (χ2n) is 10.3. The number of hydrogen-bond acceptors (Lipinski definition) is 6. The zero-order valence-corrected chi connectivity index (χ0v) is 24.6. The molecule has 0 fully saturated rings. The number of thiophene rings is 1. The van der Waals surface area contributed by atoms with Gasteiger partial charge in [0, 0.05) is 28.1 Å². The molecule has 1 heterocycles. The van der Waals surface area contributed by atoms with Gasteiger partial charge in [0.25, 0.3) is 0 Å². The number of rotatable bonds is 13. The van der Waals surface area contributed by atoms with Gasteiger partial charge in [-0.1, -0.05) is 29.7 Å². The Hall–Kier alpha value is -3.86. The van der Waals surface area contributed by atoms with Gasteiger partial charge in [-0.15, -0.1) is 17.3 Å². The highest BCUT2D eigenvalue weighted by molar-refractivity contribution is 7.17. The number of benzene rings is 2. The number of allylic oxidation sites excluding steroid dienone is 3. The van der Waals surface area contributed by atoms with E-state index < -0.39 is 11.6 Å². The lowest BCUT2D eigenvalue weighted by atomic mass is 9.97. The third-order valence-corrected chi connectivity index (χ3v) is 7.35. The monoisotopic (exact) mass is 559 g/mol. The summed E-state index contributed by atoms with van der Waals surface area (Å²) in [5.41, 5.74) is 4.45. The molecule has 6 nitrogen and oxygen atoms in total. The van der Waals surface area contributed by atoms with Gasteiger partial charge >= 0.3 is 5.97 Å². The molecule has 0 saturated carbocycles. The topological polar surface area (TPSA) is 88.4 Å². The highest BCUT2D eigenvalue weighted by Crippen LogP contribution is 2.37. The van der Waals surface area contributed by atoms with Gasteiger partial charge in [0.05, 0.1) is 24.5 Å². The summed E-state index contributed by atoms with van der Waals surface area (Å²) >= 11 is 1.70. The van der Waals surface area contributed by atoms with E-state index >= 15 is 0 Å². The van der Waals surface area contributed by atoms with Crippen LogP contribution in [0.4, 0.5) is 0 Å². The maximum atomic E-state index is 11.2. The van der Waals surface area contributed by atoms with Crippen molar-refractivity contribution in [3.63, 3.8) is 0 Å². The average Bonchev–Trinajstić information content (AvgIpc) is 3.30. The van der Waals surface area contributed by atoms with Gasteiger partial charge in [0.2, 0.25) is 5.88 Å². The van der Waals surface area contributed by atoms with Crippen LogP contribution < -0.4 is 4.74 Å². The predicted octanol–water partition coefficient (Wildman–Crippen LogP) is 7.54. The molecule has 40 heavy (non-hydrogen) atoms. The highest BCUT2D eigenvalue weighted by atomic mass is 32.1. The Bertz CT molecular complexity index is 1480. The molecular formula is C33H37NO5S. The van der Waals surface area contributed by atoms with Gasteiger partial charge in [-0.2, -0.15) is 0 Å². The van der Waals surface area contributed by atoms with Crippen molar-refractivity contribution < 1.29 is 24.5 Å². The Morgan fingerprint density at radius 3 is 2.62 bits per heavy atom. The Morgan fingerprint density at radius 2 is 1.98 bits per heavy atom. The number of carbonyl (C=O) groups is 1. The summed E-state index contributed by atoms with van der Waals surface area (Å²) in [6.45, 7) is 13.5. The number of fused-ring (bicyclic) bond motifs is 1. The van der Waals surface area contributed by atoms with E-state index in [4.69, 9.17) is 14.6 Å². The highest BCUT2D eigenvalue weighted by Gasteiger charge is 2.14. The van der Waals surface area contributed by atoms with Crippen LogP contribution in [-0.4, -0.2) is 35.1 Å². The van der Waals surface area contributed by atoms with Crippen LogP contribution in [0.1, 0.15) is 51.7 Å². The molecule has 0 amide bonds. The predicted molar refractivity (Wildman–Crippen MR) is 164 cm³/mol. The molecule has 0 bridgehead atoms. The maximum absolute atomic E-state index is 11.2. The first-order valence-electron chi connectivity index (χ1n) is 13.1. The molecular weight excluding hydrogens is 522 g/mol. The smallest absolute Gasteiger partial charge is 0.304 e. The van der Waals surface area contributed by atoms with Crippen molar-refractivity contribution in [2.24, 2.45) is 10.9 Å². The Balaban J connectivity index is 1.76. The summed E-state index contributed by atoms with van der Waals surface area (Å²) in [4.78, 5) is 15.1. The van der Waals surface area contributed by atoms with Crippen molar-refractivity contribution in [3.05, 3.63) is 76.5 Å². The number of carboxylic acid groups (broad SMARTS) is 1. The molecule has 7 heteroatoms. The molecule has 0 saturated heterocycles. The summed E-state index contributed by atoms with van der Waals surface area (Å²) in [6.07, 6.45) is 3.97. The van der Waals surface area contributed by atoms with E-state index in [-0.39, 0.29) is 12.3 Å². The Labute approximate surface area is 240 Å². The fourth-order valence-electron chi connectivity index (χ4n) is 4.12. The van der Waals surface area contributed by atoms with Crippen LogP contribution in [0.5, 0.6) is 5.75 Å². The van der Waals surface area contributed by atoms with Crippen molar-refractivity contribution in [3.8, 4) is 28.7 Å². The first-order chi connectivity index (χ1) is 19.0. The van der Waals surface area contributed by atoms with E-state index in [2.05, 4.69) is 54.1 Å². The van der Waals surface area contributed by atoms with Crippen LogP contribution in [0, 0.1) is 24.7 Å². The van der Waals surface area contributed by atoms with Gasteiger partial charge < -0.3 is 19.7 Å². The lowest BCUT2D eigenvalue weighted by Crippen LogP contribution is -2.21. The van der Waals surface area contributed by atoms with Crippen molar-refractivity contribution >= 4 is 34.1 Å². The molecule has 210 valence electrons. The zero-order chi connectivity index (χ0) is 29.3. The van der Waals surface area contributed by atoms with Crippen LogP contribution >= 0.6 is 11.3 Å². The van der Waals surface area contributed by atoms with E-state index in [1.54, 1.807) is 44.3 Å². The number of aryl methyl sites for hydroxylation is 1. The molecule has 0 aliphatic rings. The normalized spacial score (nSPS) is 12.9. The molecule has 2 N–H and O–H groups in total. The van der Waals surface area contributed by atoms with Gasteiger partial charge in [0.15, 0.2) is 0 Å². The molecule has 0 unspecified atom stereocenters. The summed E-state index contributed by atoms with van der Waals surface area (Å²) in [5, 5.41) is 22.4. The van der Waals surface area contributed by atoms with E-state index in [1.807, 2.05) is 25.1 Å². The minimum absolute atomic E-state index is 0.0605. The number of hydrogen-bond donors (Lipinski definition) is 2. The van der Waals surface area contributed by atoms with Crippen molar-refractivity contribution in [2.75, 3.05) is 6.61 Å². The third kappa shape index (κ3) is 8.84. The number of ether oxygens (including phenoxy) is 2. The van der Waals surface area contributed by atoms with Crippen molar-refractivity contribution in [1.82, 2.24) is 0 Å². The number of aliphatic hydroxyl groups is 1. The Morgan fingerprint density at radius 1 is 1.20 bits per heavy atom. The Kier molecular flexibility index (Phi) is 10.7. The second-order valence-corrected chi connectivity index (χ2v) is 11.2. The minimum atomic E-state index is -0.896. The molecule has 3 rings (SSSR count). The summed E-state index contributed by atoms with van der Waals surface area (Å²) in [7, 11) is 0. The molecule has 2 aromatic carbocycles. The van der Waals surface area contributed by atoms with E-state index in [0.717, 1.165) is 39.0 Å². The molecule has 0 aliphatic carbocycles. The van der Waals surface area contributed by atoms with Crippen LogP contribution in [0.2, 0.25) is 0 Å². The van der Waals surface area contributed by atoms with Crippen LogP contribution in [0.3, 0.4) is 0 Å². The van der Waals surface area contributed by atoms with E-state index in [1.165, 1.54) is 4.70 Å². The molecule has 1 aromatic heterocycles. The SMILES string of the molecule is C=N/C(=C\C=C(/C)[C@@H](C#CC)CC(=O)O)OCc1ccc2scc(-c3ccc(OCCC(C)(C)O)cc3C)c2c1. The quantitative estimate of drug-likeness (QED) is 0.0978. The van der Waals surface area contributed by atoms with Gasteiger partial charge in [-0.3, -0.25) is 4.79 Å². The van der Waals surface area contributed by atoms with Crippen LogP contribution in [-0.2, 0) is 16.1 Å². The summed E-state index contributed by atoms with van der Waals surface area (Å²) in [6, 6.07) is 12.4. The van der Waals surface area contributed by atoms with Gasteiger partial charge in [-0.25, -0.2) is 4.99 Å². The first-order valence-corrected chi connectivity index (χ1v) is 14.0. The van der Waals surface area contributed by atoms with Crippen molar-refractivity contribution in [1.29, 1.82) is 0 Å². The number of aliphatic imine (C=N–C) groups is 1. The van der Waals surface area contributed by atoms with Crippen molar-refractivity contribution in [2.45, 2.75) is 59.7 Å². The molecule has 0 spiro atoms. The fraction of sp³-hybridized carbons (Fsp3) is 0.333. The van der Waals surface area contributed by atoms with Crippen LogP contribution in [0.25, 0.3) is 21.2 Å². The molecule has 0 aliphatic heterocycles. The zero-order valence-electron chi connectivity index (χ0n) is 23.8. The number of nitrogens with zero attached hydrogens (tertiary/aromatic N) is 1. The second kappa shape index (κ2) is 14.0. The first kappa shape index (κ1) is 30.7. The lowest BCUT2D eigenvalue weighted by molar-refractivity contribution is -0.137. The lowest BCUT2D eigenvalue weighted by Gasteiger charge is -2.17. The van der Waals surface area contributed by atoms with Gasteiger partial charge in [-0.05, 0) is 87.7 Å². The van der Waals surface area contributed by atoms with Gasteiger partial charge in [0.1, 0.15) is 12.4 Å². The average molecular weight is 560 g/mol. The summed E-state index contributed by atoms with van der Waals surface area (Å²) < 4.78 is 13.0. The minimum Gasteiger partial charge on any atom is -0.493 e. The molecule has 3 aromatic rings.